The SMILES string of the molecule is CS(=O)(=O)O/N=C(\N)SCCCC(F)(F)C(F)(F)F. The number of oxime groups is 1. The summed E-state index contributed by atoms with van der Waals surface area (Å²) >= 11 is 0.606. The van der Waals surface area contributed by atoms with Crippen LogP contribution in [-0.2, 0) is 14.4 Å². The number of hydrogen-bond donors (Lipinski definition) is 1. The lowest BCUT2D eigenvalue weighted by molar-refractivity contribution is -0.284. The molecule has 5 nitrogen and oxygen atoms in total. The van der Waals surface area contributed by atoms with E-state index in [4.69, 9.17) is 5.73 Å². The summed E-state index contributed by atoms with van der Waals surface area (Å²) in [6.45, 7) is 0. The number of alkyl halides is 5. The number of hydrogen-bond acceptors (Lipinski definition) is 5. The Morgan fingerprint density at radius 1 is 1.32 bits per heavy atom. The Hall–Kier alpha value is -0.780. The molecule has 0 saturated carbocycles. The first-order valence-electron chi connectivity index (χ1n) is 4.64. The second-order valence-corrected chi connectivity index (χ2v) is 6.03. The minimum absolute atomic E-state index is 0.186. The molecule has 0 radical (unpaired) electrons. The number of thioether (sulfide) groups is 1. The fourth-order valence-corrected chi connectivity index (χ4v) is 1.59. The van der Waals surface area contributed by atoms with E-state index in [9.17, 15) is 30.4 Å². The molecular formula is C7H11F5N2O3S2. The summed E-state index contributed by atoms with van der Waals surface area (Å²) in [5.41, 5.74) is 5.13. The average Bonchev–Trinajstić information content (AvgIpc) is 2.19. The van der Waals surface area contributed by atoms with Gasteiger partial charge in [0.05, 0.1) is 6.26 Å². The van der Waals surface area contributed by atoms with Crippen LogP contribution in [0.4, 0.5) is 22.0 Å². The minimum Gasteiger partial charge on any atom is -0.376 e. The molecule has 0 bridgehead atoms. The van der Waals surface area contributed by atoms with Crippen LogP contribution in [0.15, 0.2) is 5.16 Å². The first-order chi connectivity index (χ1) is 8.35. The number of nitrogens with zero attached hydrogens (tertiary/aromatic N) is 1. The zero-order valence-corrected chi connectivity index (χ0v) is 11.2. The lowest BCUT2D eigenvalue weighted by atomic mass is 10.2. The van der Waals surface area contributed by atoms with Crippen LogP contribution in [0.3, 0.4) is 0 Å². The second kappa shape index (κ2) is 6.59. The molecule has 0 aliphatic heterocycles. The lowest BCUT2D eigenvalue weighted by Crippen LogP contribution is -2.36. The van der Waals surface area contributed by atoms with Crippen molar-refractivity contribution in [2.45, 2.75) is 24.9 Å². The standard InChI is InChI=1S/C7H11F5N2O3S2/c1-19(15,16)17-14-5(13)18-4-2-3-6(8,9)7(10,11)12/h2-4H2,1H3,(H2,13,14). The van der Waals surface area contributed by atoms with E-state index in [1.165, 1.54) is 0 Å². The molecular weight excluding hydrogens is 319 g/mol. The van der Waals surface area contributed by atoms with Crippen LogP contribution in [0.5, 0.6) is 0 Å². The highest BCUT2D eigenvalue weighted by atomic mass is 32.2. The van der Waals surface area contributed by atoms with Gasteiger partial charge in [0.2, 0.25) is 0 Å². The van der Waals surface area contributed by atoms with E-state index in [0.29, 0.717) is 18.0 Å². The Morgan fingerprint density at radius 2 is 1.84 bits per heavy atom. The Balaban J connectivity index is 4.06. The molecule has 0 aliphatic carbocycles. The van der Waals surface area contributed by atoms with Crippen molar-refractivity contribution in [2.24, 2.45) is 10.9 Å². The van der Waals surface area contributed by atoms with Gasteiger partial charge in [0, 0.05) is 12.2 Å². The molecule has 114 valence electrons. The third-order valence-electron chi connectivity index (χ3n) is 1.56. The molecule has 2 N–H and O–H groups in total. The van der Waals surface area contributed by atoms with Crippen LogP contribution in [0.25, 0.3) is 0 Å². The molecule has 0 unspecified atom stereocenters. The predicted octanol–water partition coefficient (Wildman–Crippen LogP) is 1.90. The van der Waals surface area contributed by atoms with Crippen molar-refractivity contribution in [3.8, 4) is 0 Å². The fraction of sp³-hybridized carbons (Fsp3) is 0.857. The molecule has 0 aromatic carbocycles. The largest absolute Gasteiger partial charge is 0.453 e. The summed E-state index contributed by atoms with van der Waals surface area (Å²) in [6.07, 6.45) is -6.75. The highest BCUT2D eigenvalue weighted by Crippen LogP contribution is 2.38. The van der Waals surface area contributed by atoms with Gasteiger partial charge in [-0.3, -0.25) is 4.28 Å². The first kappa shape index (κ1) is 18.2. The molecule has 0 amide bonds. The topological polar surface area (TPSA) is 81.8 Å². The summed E-state index contributed by atoms with van der Waals surface area (Å²) in [6, 6.07) is 0. The van der Waals surface area contributed by atoms with Crippen molar-refractivity contribution in [1.82, 2.24) is 0 Å². The van der Waals surface area contributed by atoms with Crippen molar-refractivity contribution < 1.29 is 34.7 Å². The Labute approximate surface area is 110 Å². The maximum atomic E-state index is 12.5. The summed E-state index contributed by atoms with van der Waals surface area (Å²) < 4.78 is 85.2. The summed E-state index contributed by atoms with van der Waals surface area (Å²) in [7, 11) is -3.84. The van der Waals surface area contributed by atoms with Gasteiger partial charge in [-0.2, -0.15) is 30.4 Å². The Bertz CT molecular complexity index is 421. The zero-order chi connectivity index (χ0) is 15.3. The lowest BCUT2D eigenvalue weighted by Gasteiger charge is -2.18. The number of nitrogens with two attached hydrogens (primary N) is 1. The van der Waals surface area contributed by atoms with Crippen molar-refractivity contribution >= 4 is 27.0 Å². The molecule has 0 atom stereocenters. The van der Waals surface area contributed by atoms with Crippen molar-refractivity contribution in [3.05, 3.63) is 0 Å². The van der Waals surface area contributed by atoms with Crippen LogP contribution in [0, 0.1) is 0 Å². The van der Waals surface area contributed by atoms with E-state index in [1.807, 2.05) is 0 Å². The molecule has 19 heavy (non-hydrogen) atoms. The quantitative estimate of drug-likeness (QED) is 0.264. The van der Waals surface area contributed by atoms with Gasteiger partial charge in [0.15, 0.2) is 5.17 Å². The normalized spacial score (nSPS) is 14.5. The van der Waals surface area contributed by atoms with Gasteiger partial charge in [-0.25, -0.2) is 0 Å². The molecule has 0 rings (SSSR count). The number of halogens is 5. The molecule has 0 spiro atoms. The van der Waals surface area contributed by atoms with Crippen LogP contribution in [0.1, 0.15) is 12.8 Å². The van der Waals surface area contributed by atoms with Gasteiger partial charge in [0.25, 0.3) is 0 Å². The van der Waals surface area contributed by atoms with E-state index in [-0.39, 0.29) is 10.9 Å². The summed E-state index contributed by atoms with van der Waals surface area (Å²) in [5.74, 6) is -4.95. The molecule has 0 aromatic rings. The van der Waals surface area contributed by atoms with Crippen molar-refractivity contribution in [3.63, 3.8) is 0 Å². The number of amidine groups is 1. The van der Waals surface area contributed by atoms with E-state index in [2.05, 4.69) is 9.44 Å². The van der Waals surface area contributed by atoms with Crippen LogP contribution < -0.4 is 5.73 Å². The summed E-state index contributed by atoms with van der Waals surface area (Å²) in [5, 5.41) is 2.55. The predicted molar refractivity (Wildman–Crippen MR) is 60.2 cm³/mol. The van der Waals surface area contributed by atoms with Crippen molar-refractivity contribution in [1.29, 1.82) is 0 Å². The first-order valence-corrected chi connectivity index (χ1v) is 7.45. The Kier molecular flexibility index (Phi) is 6.32. The highest BCUT2D eigenvalue weighted by molar-refractivity contribution is 8.13. The van der Waals surface area contributed by atoms with E-state index in [0.717, 1.165) is 0 Å². The number of rotatable bonds is 6. The maximum absolute atomic E-state index is 12.5. The zero-order valence-electron chi connectivity index (χ0n) is 9.58. The monoisotopic (exact) mass is 330 g/mol. The van der Waals surface area contributed by atoms with E-state index in [1.54, 1.807) is 0 Å². The highest BCUT2D eigenvalue weighted by Gasteiger charge is 2.56. The summed E-state index contributed by atoms with van der Waals surface area (Å²) in [4.78, 5) is 0. The smallest absolute Gasteiger partial charge is 0.376 e. The maximum Gasteiger partial charge on any atom is 0.453 e. The van der Waals surface area contributed by atoms with Gasteiger partial charge in [-0.1, -0.05) is 11.8 Å². The molecule has 0 aliphatic rings. The molecule has 12 heteroatoms. The molecule has 0 fully saturated rings. The second-order valence-electron chi connectivity index (χ2n) is 3.36. The van der Waals surface area contributed by atoms with E-state index >= 15 is 0 Å². The fourth-order valence-electron chi connectivity index (χ4n) is 0.743. The van der Waals surface area contributed by atoms with E-state index < -0.39 is 35.1 Å². The van der Waals surface area contributed by atoms with Gasteiger partial charge >= 0.3 is 22.2 Å². The van der Waals surface area contributed by atoms with Crippen LogP contribution >= 0.6 is 11.8 Å². The average molecular weight is 330 g/mol. The third-order valence-corrected chi connectivity index (χ3v) is 2.77. The molecule has 0 aromatic heterocycles. The Morgan fingerprint density at radius 3 is 2.26 bits per heavy atom. The van der Waals surface area contributed by atoms with Gasteiger partial charge in [-0.05, 0) is 11.6 Å². The van der Waals surface area contributed by atoms with Gasteiger partial charge in [-0.15, -0.1) is 0 Å². The third kappa shape index (κ3) is 8.08. The van der Waals surface area contributed by atoms with Crippen molar-refractivity contribution in [2.75, 3.05) is 12.0 Å². The molecule has 0 heterocycles. The van der Waals surface area contributed by atoms with Gasteiger partial charge < -0.3 is 5.73 Å². The van der Waals surface area contributed by atoms with Crippen LogP contribution in [-0.4, -0.2) is 37.7 Å². The van der Waals surface area contributed by atoms with Gasteiger partial charge in [0.1, 0.15) is 0 Å². The van der Waals surface area contributed by atoms with Crippen LogP contribution in [0.2, 0.25) is 0 Å². The minimum atomic E-state index is -5.59. The molecule has 0 saturated heterocycles.